The fourth-order valence-electron chi connectivity index (χ4n) is 4.23. The number of likely N-dealkylation sites (N-methyl/N-ethyl adjacent to an activating group) is 1. The number of alkyl halides is 3. The minimum absolute atomic E-state index is 0.186. The van der Waals surface area contributed by atoms with Gasteiger partial charge in [0.25, 0.3) is 5.91 Å². The summed E-state index contributed by atoms with van der Waals surface area (Å²) in [5, 5.41) is 2.75. The Labute approximate surface area is 178 Å². The first-order chi connectivity index (χ1) is 14.8. The van der Waals surface area contributed by atoms with Crippen LogP contribution in [0.25, 0.3) is 0 Å². The molecule has 3 heterocycles. The second kappa shape index (κ2) is 8.51. The van der Waals surface area contributed by atoms with E-state index in [1.165, 1.54) is 17.0 Å². The number of carbonyl (C=O) groups excluding carboxylic acids is 2. The number of hydrogen-bond donors (Lipinski definition) is 1. The van der Waals surface area contributed by atoms with Gasteiger partial charge in [-0.3, -0.25) is 14.6 Å². The minimum atomic E-state index is -4.44. The molecule has 1 saturated heterocycles. The third-order valence-electron chi connectivity index (χ3n) is 6.01. The Hall–Kier alpha value is -2.59. The average molecular weight is 438 g/mol. The topological polar surface area (TPSA) is 65.1 Å². The van der Waals surface area contributed by atoms with Crippen molar-refractivity contribution in [3.8, 4) is 0 Å². The van der Waals surface area contributed by atoms with Gasteiger partial charge in [0.1, 0.15) is 0 Å². The van der Waals surface area contributed by atoms with E-state index in [0.29, 0.717) is 43.1 Å². The highest BCUT2D eigenvalue weighted by Crippen LogP contribution is 2.37. The molecule has 1 atom stereocenters. The molecule has 0 spiro atoms. The number of halogens is 3. The van der Waals surface area contributed by atoms with E-state index in [2.05, 4.69) is 10.2 Å². The van der Waals surface area contributed by atoms with Crippen LogP contribution in [0, 0.1) is 0 Å². The van der Waals surface area contributed by atoms with E-state index >= 15 is 0 Å². The Morgan fingerprint density at radius 2 is 1.77 bits per heavy atom. The van der Waals surface area contributed by atoms with Crippen LogP contribution in [0.2, 0.25) is 0 Å². The van der Waals surface area contributed by atoms with E-state index < -0.39 is 17.8 Å². The number of benzene rings is 1. The summed E-state index contributed by atoms with van der Waals surface area (Å²) >= 11 is 0. The van der Waals surface area contributed by atoms with Crippen LogP contribution in [0.4, 0.5) is 18.0 Å². The molecule has 0 aromatic heterocycles. The summed E-state index contributed by atoms with van der Waals surface area (Å²) in [5.41, 5.74) is 0.705. The van der Waals surface area contributed by atoms with E-state index in [1.807, 2.05) is 0 Å². The largest absolute Gasteiger partial charge is 0.416 e. The number of morpholine rings is 1. The molecule has 0 saturated carbocycles. The first-order valence-electron chi connectivity index (χ1n) is 10.3. The minimum Gasteiger partial charge on any atom is -0.379 e. The van der Waals surface area contributed by atoms with Crippen molar-refractivity contribution in [1.29, 1.82) is 0 Å². The lowest BCUT2D eigenvalue weighted by Crippen LogP contribution is -2.45. The number of rotatable bonds is 5. The quantitative estimate of drug-likeness (QED) is 0.766. The summed E-state index contributed by atoms with van der Waals surface area (Å²) in [5.74, 6) is -0.186. The van der Waals surface area contributed by atoms with Gasteiger partial charge in [-0.25, -0.2) is 4.79 Å². The van der Waals surface area contributed by atoms with Crippen LogP contribution < -0.4 is 5.32 Å². The zero-order valence-corrected chi connectivity index (χ0v) is 17.2. The van der Waals surface area contributed by atoms with Gasteiger partial charge < -0.3 is 15.0 Å². The smallest absolute Gasteiger partial charge is 0.379 e. The third-order valence-corrected chi connectivity index (χ3v) is 6.01. The standard InChI is InChI=1S/C21H25F3N4O3/c1-26-16-13-28(8-2-7-27-9-11-31-12-10-27)19(29)17(16)18(25-20(26)30)14-3-5-15(6-4-14)21(22,23)24/h3-6,18H,2,7-13H2,1H3,(H,25,30). The predicted octanol–water partition coefficient (Wildman–Crippen LogP) is 2.22. The summed E-state index contributed by atoms with van der Waals surface area (Å²) in [4.78, 5) is 31.0. The van der Waals surface area contributed by atoms with Gasteiger partial charge in [-0.15, -0.1) is 0 Å². The van der Waals surface area contributed by atoms with Gasteiger partial charge in [0.05, 0.1) is 42.6 Å². The lowest BCUT2D eigenvalue weighted by atomic mass is 9.95. The van der Waals surface area contributed by atoms with Gasteiger partial charge in [0, 0.05) is 33.2 Å². The molecule has 3 aliphatic heterocycles. The van der Waals surface area contributed by atoms with Crippen molar-refractivity contribution in [3.63, 3.8) is 0 Å². The summed E-state index contributed by atoms with van der Waals surface area (Å²) in [6.45, 7) is 4.90. The molecular weight excluding hydrogens is 413 g/mol. The molecule has 3 amide bonds. The fourth-order valence-corrected chi connectivity index (χ4v) is 4.23. The van der Waals surface area contributed by atoms with Crippen molar-refractivity contribution < 1.29 is 27.5 Å². The molecule has 0 aliphatic carbocycles. The molecular formula is C21H25F3N4O3. The first-order valence-corrected chi connectivity index (χ1v) is 10.3. The van der Waals surface area contributed by atoms with E-state index in [0.717, 1.165) is 38.2 Å². The molecule has 1 unspecified atom stereocenters. The van der Waals surface area contributed by atoms with Gasteiger partial charge in [0.2, 0.25) is 0 Å². The fraction of sp³-hybridized carbons (Fsp3) is 0.524. The number of ether oxygens (including phenoxy) is 1. The van der Waals surface area contributed by atoms with Crippen molar-refractivity contribution in [1.82, 2.24) is 20.0 Å². The molecule has 1 N–H and O–H groups in total. The normalized spacial score (nSPS) is 22.8. The van der Waals surface area contributed by atoms with Gasteiger partial charge in [-0.05, 0) is 24.1 Å². The Bertz CT molecular complexity index is 879. The summed E-state index contributed by atoms with van der Waals surface area (Å²) in [7, 11) is 1.60. The van der Waals surface area contributed by atoms with Gasteiger partial charge >= 0.3 is 12.2 Å². The van der Waals surface area contributed by atoms with Crippen LogP contribution in [0.15, 0.2) is 35.5 Å². The number of nitrogens with zero attached hydrogens (tertiary/aromatic N) is 3. The van der Waals surface area contributed by atoms with Crippen LogP contribution in [-0.4, -0.2) is 79.6 Å². The van der Waals surface area contributed by atoms with E-state index in [1.54, 1.807) is 11.9 Å². The van der Waals surface area contributed by atoms with Crippen molar-refractivity contribution in [3.05, 3.63) is 46.7 Å². The summed E-state index contributed by atoms with van der Waals surface area (Å²) in [6, 6.07) is 3.43. The SMILES string of the molecule is CN1C(=O)NC(c2ccc(C(F)(F)F)cc2)C2=C1CN(CCCN1CCOCC1)C2=O. The second-order valence-corrected chi connectivity index (χ2v) is 7.96. The van der Waals surface area contributed by atoms with Gasteiger partial charge in [0.15, 0.2) is 0 Å². The Kier molecular flexibility index (Phi) is 5.94. The number of urea groups is 1. The van der Waals surface area contributed by atoms with Crippen LogP contribution in [0.3, 0.4) is 0 Å². The number of carbonyl (C=O) groups is 2. The zero-order chi connectivity index (χ0) is 22.2. The zero-order valence-electron chi connectivity index (χ0n) is 17.2. The third kappa shape index (κ3) is 4.40. The Morgan fingerprint density at radius 3 is 2.42 bits per heavy atom. The summed E-state index contributed by atoms with van der Waals surface area (Å²) in [6.07, 6.45) is -3.65. The number of hydrogen-bond acceptors (Lipinski definition) is 4. The highest BCUT2D eigenvalue weighted by atomic mass is 19.4. The van der Waals surface area contributed by atoms with E-state index in [-0.39, 0.29) is 11.9 Å². The van der Waals surface area contributed by atoms with Crippen molar-refractivity contribution in [2.45, 2.75) is 18.6 Å². The average Bonchev–Trinajstić information content (AvgIpc) is 3.08. The van der Waals surface area contributed by atoms with Crippen LogP contribution in [-0.2, 0) is 15.7 Å². The highest BCUT2D eigenvalue weighted by molar-refractivity contribution is 6.01. The molecule has 10 heteroatoms. The highest BCUT2D eigenvalue weighted by Gasteiger charge is 2.43. The number of nitrogens with one attached hydrogen (secondary N) is 1. The van der Waals surface area contributed by atoms with Gasteiger partial charge in [-0.1, -0.05) is 12.1 Å². The molecule has 0 bridgehead atoms. The van der Waals surface area contributed by atoms with Crippen molar-refractivity contribution in [2.24, 2.45) is 0 Å². The summed E-state index contributed by atoms with van der Waals surface area (Å²) < 4.78 is 44.0. The van der Waals surface area contributed by atoms with Crippen LogP contribution in [0.5, 0.6) is 0 Å². The van der Waals surface area contributed by atoms with E-state index in [9.17, 15) is 22.8 Å². The molecule has 1 aromatic rings. The monoisotopic (exact) mass is 438 g/mol. The van der Waals surface area contributed by atoms with Crippen molar-refractivity contribution in [2.75, 3.05) is 53.0 Å². The maximum Gasteiger partial charge on any atom is 0.416 e. The van der Waals surface area contributed by atoms with E-state index in [4.69, 9.17) is 4.74 Å². The maximum atomic E-state index is 13.2. The van der Waals surface area contributed by atoms with Crippen LogP contribution in [0.1, 0.15) is 23.6 Å². The second-order valence-electron chi connectivity index (χ2n) is 7.96. The van der Waals surface area contributed by atoms with Gasteiger partial charge in [-0.2, -0.15) is 13.2 Å². The Morgan fingerprint density at radius 1 is 1.10 bits per heavy atom. The molecule has 1 aromatic carbocycles. The molecule has 3 aliphatic rings. The number of amides is 3. The maximum absolute atomic E-state index is 13.2. The lowest BCUT2D eigenvalue weighted by molar-refractivity contribution is -0.137. The molecule has 0 radical (unpaired) electrons. The molecule has 4 rings (SSSR count). The molecule has 1 fully saturated rings. The lowest BCUT2D eigenvalue weighted by Gasteiger charge is -2.31. The Balaban J connectivity index is 1.48. The van der Waals surface area contributed by atoms with Crippen LogP contribution >= 0.6 is 0 Å². The molecule has 168 valence electrons. The molecule has 7 nitrogen and oxygen atoms in total. The first kappa shape index (κ1) is 21.6. The predicted molar refractivity (Wildman–Crippen MR) is 106 cm³/mol. The molecule has 31 heavy (non-hydrogen) atoms. The van der Waals surface area contributed by atoms with Crippen molar-refractivity contribution >= 4 is 11.9 Å².